The number of carbonyl (C=O) groups excluding carboxylic acids is 1. The highest BCUT2D eigenvalue weighted by molar-refractivity contribution is 5.92. The van der Waals surface area contributed by atoms with Gasteiger partial charge in [-0.15, -0.1) is 24.8 Å². The maximum absolute atomic E-state index is 12.5. The smallest absolute Gasteiger partial charge is 0.230 e. The van der Waals surface area contributed by atoms with E-state index in [1.807, 2.05) is 44.6 Å². The van der Waals surface area contributed by atoms with E-state index in [1.54, 1.807) is 4.68 Å². The first-order valence-electron chi connectivity index (χ1n) is 7.07. The van der Waals surface area contributed by atoms with Crippen LogP contribution < -0.4 is 10.6 Å². The van der Waals surface area contributed by atoms with Crippen molar-refractivity contribution in [2.24, 2.45) is 13.0 Å². The number of amides is 1. The van der Waals surface area contributed by atoms with Crippen molar-refractivity contribution in [2.75, 3.05) is 18.4 Å². The molecule has 0 unspecified atom stereocenters. The van der Waals surface area contributed by atoms with Crippen molar-refractivity contribution in [2.45, 2.75) is 12.8 Å². The van der Waals surface area contributed by atoms with E-state index in [1.165, 1.54) is 0 Å². The molecule has 2 N–H and O–H groups in total. The van der Waals surface area contributed by atoms with Crippen molar-refractivity contribution in [3.05, 3.63) is 41.9 Å². The van der Waals surface area contributed by atoms with Gasteiger partial charge in [0.25, 0.3) is 0 Å². The van der Waals surface area contributed by atoms with Crippen LogP contribution in [0.1, 0.15) is 17.2 Å². The van der Waals surface area contributed by atoms with Gasteiger partial charge in [0.15, 0.2) is 0 Å². The van der Waals surface area contributed by atoms with Gasteiger partial charge < -0.3 is 10.6 Å². The molecule has 0 bridgehead atoms. The number of pyridine rings is 1. The lowest BCUT2D eigenvalue weighted by atomic mass is 9.90. The molecule has 23 heavy (non-hydrogen) atoms. The molecule has 1 amide bonds. The van der Waals surface area contributed by atoms with Crippen molar-refractivity contribution in [3.8, 4) is 0 Å². The van der Waals surface area contributed by atoms with Crippen LogP contribution in [0.2, 0.25) is 0 Å². The van der Waals surface area contributed by atoms with E-state index < -0.39 is 0 Å². The molecule has 3 rings (SSSR count). The normalized spacial score (nSPS) is 19.6. The van der Waals surface area contributed by atoms with Crippen LogP contribution in [0.5, 0.6) is 0 Å². The van der Waals surface area contributed by atoms with Gasteiger partial charge in [-0.1, -0.05) is 6.07 Å². The van der Waals surface area contributed by atoms with E-state index >= 15 is 0 Å². The minimum absolute atomic E-state index is 0. The zero-order valence-electron chi connectivity index (χ0n) is 13.0. The van der Waals surface area contributed by atoms with Crippen LogP contribution >= 0.6 is 24.8 Å². The zero-order chi connectivity index (χ0) is 14.8. The zero-order valence-corrected chi connectivity index (χ0v) is 14.7. The van der Waals surface area contributed by atoms with Crippen molar-refractivity contribution in [1.82, 2.24) is 20.1 Å². The number of aryl methyl sites for hydroxylation is 2. The molecule has 126 valence electrons. The number of rotatable bonds is 3. The Morgan fingerprint density at radius 3 is 2.78 bits per heavy atom. The Balaban J connectivity index is 0.00000132. The van der Waals surface area contributed by atoms with E-state index in [0.717, 1.165) is 17.8 Å². The summed E-state index contributed by atoms with van der Waals surface area (Å²) in [7, 11) is 1.89. The highest BCUT2D eigenvalue weighted by Crippen LogP contribution is 2.28. The van der Waals surface area contributed by atoms with Gasteiger partial charge in [-0.3, -0.25) is 9.48 Å². The summed E-state index contributed by atoms with van der Waals surface area (Å²) >= 11 is 0. The largest absolute Gasteiger partial charge is 0.315 e. The van der Waals surface area contributed by atoms with E-state index in [-0.39, 0.29) is 42.6 Å². The van der Waals surface area contributed by atoms with Gasteiger partial charge in [-0.25, -0.2) is 4.98 Å². The van der Waals surface area contributed by atoms with Crippen LogP contribution in [0.3, 0.4) is 0 Å². The lowest BCUT2D eigenvalue weighted by Gasteiger charge is -2.16. The Labute approximate surface area is 147 Å². The molecule has 0 aliphatic carbocycles. The minimum Gasteiger partial charge on any atom is -0.315 e. The average molecular weight is 358 g/mol. The molecule has 0 saturated carbocycles. The van der Waals surface area contributed by atoms with Crippen molar-refractivity contribution in [1.29, 1.82) is 0 Å². The minimum atomic E-state index is -0.100. The molecule has 2 aromatic heterocycles. The number of carbonyl (C=O) groups is 1. The molecule has 1 aliphatic rings. The molecule has 1 fully saturated rings. The first-order chi connectivity index (χ1) is 10.1. The summed E-state index contributed by atoms with van der Waals surface area (Å²) in [5.41, 5.74) is 1.99. The summed E-state index contributed by atoms with van der Waals surface area (Å²) in [6, 6.07) is 5.61. The first kappa shape index (κ1) is 19.4. The summed E-state index contributed by atoms with van der Waals surface area (Å²) in [5.74, 6) is 0.670. The fourth-order valence-electron chi connectivity index (χ4n) is 2.77. The van der Waals surface area contributed by atoms with Gasteiger partial charge >= 0.3 is 0 Å². The lowest BCUT2D eigenvalue weighted by Crippen LogP contribution is -2.28. The second-order valence-electron chi connectivity index (χ2n) is 5.47. The van der Waals surface area contributed by atoms with Crippen LogP contribution in [0, 0.1) is 12.8 Å². The molecule has 6 nitrogen and oxygen atoms in total. The second-order valence-corrected chi connectivity index (χ2v) is 5.47. The maximum atomic E-state index is 12.5. The second kappa shape index (κ2) is 8.29. The molecular weight excluding hydrogens is 337 g/mol. The summed E-state index contributed by atoms with van der Waals surface area (Å²) < 4.78 is 1.77. The molecule has 8 heteroatoms. The van der Waals surface area contributed by atoms with Crippen LogP contribution in [-0.4, -0.2) is 33.8 Å². The quantitative estimate of drug-likeness (QED) is 0.879. The molecular formula is C15H21Cl2N5O. The van der Waals surface area contributed by atoms with Gasteiger partial charge in [0.05, 0.1) is 12.1 Å². The number of nitrogens with zero attached hydrogens (tertiary/aromatic N) is 3. The Bertz CT molecular complexity index is 661. The summed E-state index contributed by atoms with van der Waals surface area (Å²) in [6.07, 6.45) is 3.81. The Morgan fingerprint density at radius 1 is 1.35 bits per heavy atom. The van der Waals surface area contributed by atoms with Crippen LogP contribution in [0.15, 0.2) is 30.6 Å². The van der Waals surface area contributed by atoms with E-state index in [0.29, 0.717) is 12.4 Å². The Morgan fingerprint density at radius 2 is 2.13 bits per heavy atom. The lowest BCUT2D eigenvalue weighted by molar-refractivity contribution is -0.119. The predicted octanol–water partition coefficient (Wildman–Crippen LogP) is 1.91. The molecule has 1 aliphatic heterocycles. The predicted molar refractivity (Wildman–Crippen MR) is 94.4 cm³/mol. The fourth-order valence-corrected chi connectivity index (χ4v) is 2.77. The van der Waals surface area contributed by atoms with Crippen LogP contribution in [0.4, 0.5) is 5.82 Å². The number of hydrogen-bond acceptors (Lipinski definition) is 4. The molecule has 0 spiro atoms. The number of nitrogens with one attached hydrogen (secondary N) is 2. The number of anilines is 1. The monoisotopic (exact) mass is 357 g/mol. The number of aromatic nitrogens is 3. The van der Waals surface area contributed by atoms with Crippen molar-refractivity contribution >= 4 is 36.5 Å². The third-order valence-corrected chi connectivity index (χ3v) is 3.84. The van der Waals surface area contributed by atoms with Crippen molar-refractivity contribution < 1.29 is 4.79 Å². The summed E-state index contributed by atoms with van der Waals surface area (Å²) in [5, 5.41) is 10.4. The molecule has 0 aromatic carbocycles. The molecule has 2 aromatic rings. The SMILES string of the molecule is Cc1cccc(NC(=O)[C@H]2CNC[C@@H]2c2cnn(C)c2)n1.Cl.Cl. The Kier molecular flexibility index (Phi) is 7.00. The molecule has 0 radical (unpaired) electrons. The van der Waals surface area contributed by atoms with Gasteiger partial charge in [-0.05, 0) is 24.6 Å². The van der Waals surface area contributed by atoms with Gasteiger partial charge in [0.2, 0.25) is 5.91 Å². The highest BCUT2D eigenvalue weighted by Gasteiger charge is 2.34. The average Bonchev–Trinajstić information content (AvgIpc) is 3.06. The topological polar surface area (TPSA) is 71.8 Å². The summed E-state index contributed by atoms with van der Waals surface area (Å²) in [4.78, 5) is 16.8. The van der Waals surface area contributed by atoms with Crippen LogP contribution in [-0.2, 0) is 11.8 Å². The van der Waals surface area contributed by atoms with Gasteiger partial charge in [0, 0.05) is 37.9 Å². The van der Waals surface area contributed by atoms with Gasteiger partial charge in [-0.2, -0.15) is 5.10 Å². The third kappa shape index (κ3) is 4.43. The third-order valence-electron chi connectivity index (χ3n) is 3.84. The standard InChI is InChI=1S/C15H19N5O.2ClH/c1-10-4-3-5-14(18-10)19-15(21)13-8-16-7-12(13)11-6-17-20(2)9-11;;/h3-6,9,12-13,16H,7-8H2,1-2H3,(H,18,19,21);2*1H/t12-,13+;;/m1../s1. The van der Waals surface area contributed by atoms with Gasteiger partial charge in [0.1, 0.15) is 5.82 Å². The molecule has 2 atom stereocenters. The van der Waals surface area contributed by atoms with E-state index in [2.05, 4.69) is 20.7 Å². The maximum Gasteiger partial charge on any atom is 0.230 e. The summed E-state index contributed by atoms with van der Waals surface area (Å²) in [6.45, 7) is 3.38. The number of hydrogen-bond donors (Lipinski definition) is 2. The number of halogens is 2. The molecule has 3 heterocycles. The first-order valence-corrected chi connectivity index (χ1v) is 7.07. The van der Waals surface area contributed by atoms with E-state index in [9.17, 15) is 4.79 Å². The fraction of sp³-hybridized carbons (Fsp3) is 0.400. The highest BCUT2D eigenvalue weighted by atomic mass is 35.5. The van der Waals surface area contributed by atoms with E-state index in [4.69, 9.17) is 0 Å². The Hall–Kier alpha value is -1.63. The molecule has 1 saturated heterocycles. The van der Waals surface area contributed by atoms with Crippen LogP contribution in [0.25, 0.3) is 0 Å². The van der Waals surface area contributed by atoms with Crippen molar-refractivity contribution in [3.63, 3.8) is 0 Å².